The molecule has 0 saturated heterocycles. The minimum atomic E-state index is -0.0517. The molecule has 0 unspecified atom stereocenters. The molecule has 1 N–H and O–H groups in total. The van der Waals surface area contributed by atoms with Gasteiger partial charge in [0.15, 0.2) is 11.5 Å². The van der Waals surface area contributed by atoms with Gasteiger partial charge in [0.1, 0.15) is 0 Å². The van der Waals surface area contributed by atoms with Gasteiger partial charge in [0.2, 0.25) is 5.75 Å². The van der Waals surface area contributed by atoms with E-state index in [0.717, 1.165) is 0 Å². The summed E-state index contributed by atoms with van der Waals surface area (Å²) in [6.07, 6.45) is 0. The molecule has 5 heteroatoms. The van der Waals surface area contributed by atoms with Crippen LogP contribution in [-0.2, 0) is 0 Å². The number of phenolic OH excluding ortho intramolecular Hbond substituents is 1. The molecule has 82 valence electrons. The molecule has 0 amide bonds. The van der Waals surface area contributed by atoms with E-state index in [2.05, 4.69) is 0 Å². The summed E-state index contributed by atoms with van der Waals surface area (Å²) in [6, 6.07) is 4.97. The van der Waals surface area contributed by atoms with Crippen LogP contribution in [0.25, 0.3) is 0 Å². The Morgan fingerprint density at radius 1 is 1.33 bits per heavy atom. The Labute approximate surface area is 94.0 Å². The van der Waals surface area contributed by atoms with E-state index in [-0.39, 0.29) is 16.7 Å². The molecule has 0 aliphatic carbocycles. The van der Waals surface area contributed by atoms with E-state index < -0.39 is 0 Å². The number of thiocarbonyl (C=S) groups is 1. The number of aromatic hydroxyl groups is 1. The minimum absolute atomic E-state index is 0.0517. The van der Waals surface area contributed by atoms with Gasteiger partial charge in [-0.1, -0.05) is 6.07 Å². The fourth-order valence-corrected chi connectivity index (χ4v) is 1.02. The molecular weight excluding hydrogens is 214 g/mol. The van der Waals surface area contributed by atoms with E-state index in [0.29, 0.717) is 5.75 Å². The fraction of sp³-hybridized carbons (Fsp3) is 0.300. The van der Waals surface area contributed by atoms with Crippen molar-refractivity contribution in [2.45, 2.75) is 0 Å². The smallest absolute Gasteiger partial charge is 0.264 e. The fourth-order valence-electron chi connectivity index (χ4n) is 0.935. The van der Waals surface area contributed by atoms with Gasteiger partial charge in [0, 0.05) is 14.1 Å². The molecule has 1 rings (SSSR count). The molecule has 0 radical (unpaired) electrons. The number of hydrogen-bond donors (Lipinski definition) is 1. The molecule has 0 heterocycles. The second-order valence-electron chi connectivity index (χ2n) is 3.07. The zero-order valence-electron chi connectivity index (χ0n) is 8.85. The Kier molecular flexibility index (Phi) is 3.74. The SMILES string of the molecule is COc1cccc(OC(=S)N(C)C)c1O. The van der Waals surface area contributed by atoms with E-state index in [1.54, 1.807) is 37.2 Å². The number of hydrogen-bond acceptors (Lipinski definition) is 4. The minimum Gasteiger partial charge on any atom is -0.502 e. The maximum atomic E-state index is 9.69. The van der Waals surface area contributed by atoms with Crippen LogP contribution in [0.3, 0.4) is 0 Å². The van der Waals surface area contributed by atoms with Gasteiger partial charge in [-0.25, -0.2) is 0 Å². The molecule has 0 fully saturated rings. The van der Waals surface area contributed by atoms with Crippen LogP contribution in [0, 0.1) is 0 Å². The first kappa shape index (κ1) is 11.6. The summed E-state index contributed by atoms with van der Waals surface area (Å²) in [6.45, 7) is 0. The van der Waals surface area contributed by atoms with Crippen LogP contribution in [0.4, 0.5) is 0 Å². The number of benzene rings is 1. The summed E-state index contributed by atoms with van der Waals surface area (Å²) in [5.41, 5.74) is 0. The van der Waals surface area contributed by atoms with Gasteiger partial charge in [-0.3, -0.25) is 0 Å². The van der Waals surface area contributed by atoms with Gasteiger partial charge >= 0.3 is 0 Å². The topological polar surface area (TPSA) is 41.9 Å². The average molecular weight is 227 g/mol. The molecule has 0 aliphatic rings. The molecule has 15 heavy (non-hydrogen) atoms. The molecule has 4 nitrogen and oxygen atoms in total. The molecule has 0 saturated carbocycles. The lowest BCUT2D eigenvalue weighted by Crippen LogP contribution is -2.25. The third kappa shape index (κ3) is 2.73. The number of para-hydroxylation sites is 1. The van der Waals surface area contributed by atoms with Crippen LogP contribution in [-0.4, -0.2) is 36.4 Å². The zero-order valence-corrected chi connectivity index (χ0v) is 9.67. The van der Waals surface area contributed by atoms with Gasteiger partial charge in [-0.15, -0.1) is 0 Å². The van der Waals surface area contributed by atoms with Gasteiger partial charge in [0.25, 0.3) is 5.17 Å². The highest BCUT2D eigenvalue weighted by Crippen LogP contribution is 2.35. The molecule has 1 aromatic rings. The first-order valence-electron chi connectivity index (χ1n) is 4.31. The number of rotatable bonds is 2. The predicted molar refractivity (Wildman–Crippen MR) is 61.6 cm³/mol. The quantitative estimate of drug-likeness (QED) is 0.778. The lowest BCUT2D eigenvalue weighted by Gasteiger charge is -2.15. The summed E-state index contributed by atoms with van der Waals surface area (Å²) in [7, 11) is 5.00. The Hall–Kier alpha value is -1.49. The number of nitrogens with zero attached hydrogens (tertiary/aromatic N) is 1. The van der Waals surface area contributed by atoms with Gasteiger partial charge in [0.05, 0.1) is 7.11 Å². The molecule has 1 aromatic carbocycles. The van der Waals surface area contributed by atoms with Crippen molar-refractivity contribution in [3.63, 3.8) is 0 Å². The van der Waals surface area contributed by atoms with E-state index >= 15 is 0 Å². The first-order chi connectivity index (χ1) is 7.06. The predicted octanol–water partition coefficient (Wildman–Crippen LogP) is 1.63. The third-order valence-corrected chi connectivity index (χ3v) is 2.19. The molecule has 0 aliphatic heterocycles. The van der Waals surface area contributed by atoms with Gasteiger partial charge in [-0.2, -0.15) is 0 Å². The van der Waals surface area contributed by atoms with Crippen LogP contribution in [0.2, 0.25) is 0 Å². The van der Waals surface area contributed by atoms with Crippen LogP contribution >= 0.6 is 12.2 Å². The lowest BCUT2D eigenvalue weighted by atomic mass is 10.3. The molecular formula is C10H13NO3S. The van der Waals surface area contributed by atoms with Crippen molar-refractivity contribution in [3.8, 4) is 17.2 Å². The molecule has 0 atom stereocenters. The summed E-state index contributed by atoms with van der Waals surface area (Å²) < 4.78 is 10.2. The van der Waals surface area contributed by atoms with Crippen molar-refractivity contribution in [1.82, 2.24) is 4.90 Å². The average Bonchev–Trinajstić information content (AvgIpc) is 2.21. The maximum Gasteiger partial charge on any atom is 0.264 e. The van der Waals surface area contributed by atoms with Crippen molar-refractivity contribution in [3.05, 3.63) is 18.2 Å². The Morgan fingerprint density at radius 3 is 2.47 bits per heavy atom. The summed E-state index contributed by atoms with van der Waals surface area (Å²) >= 11 is 4.95. The second kappa shape index (κ2) is 4.84. The van der Waals surface area contributed by atoms with Crippen molar-refractivity contribution in [1.29, 1.82) is 0 Å². The van der Waals surface area contributed by atoms with E-state index in [1.165, 1.54) is 7.11 Å². The lowest BCUT2D eigenvalue weighted by molar-refractivity contribution is 0.355. The van der Waals surface area contributed by atoms with E-state index in [4.69, 9.17) is 21.7 Å². The summed E-state index contributed by atoms with van der Waals surface area (Å²) in [5.74, 6) is 0.589. The summed E-state index contributed by atoms with van der Waals surface area (Å²) in [5, 5.41) is 9.97. The normalized spacial score (nSPS) is 9.53. The highest BCUT2D eigenvalue weighted by atomic mass is 32.1. The largest absolute Gasteiger partial charge is 0.502 e. The summed E-state index contributed by atoms with van der Waals surface area (Å²) in [4.78, 5) is 1.63. The van der Waals surface area contributed by atoms with Crippen molar-refractivity contribution in [2.75, 3.05) is 21.2 Å². The molecule has 0 bridgehead atoms. The standard InChI is InChI=1S/C10H13NO3S/c1-11(2)10(15)14-8-6-4-5-7(13-3)9(8)12/h4-6,12H,1-3H3. The second-order valence-corrected chi connectivity index (χ2v) is 3.42. The monoisotopic (exact) mass is 227 g/mol. The van der Waals surface area contributed by atoms with Crippen molar-refractivity contribution >= 4 is 17.4 Å². The first-order valence-corrected chi connectivity index (χ1v) is 4.72. The van der Waals surface area contributed by atoms with Crippen molar-refractivity contribution < 1.29 is 14.6 Å². The number of phenols is 1. The van der Waals surface area contributed by atoms with Gasteiger partial charge in [-0.05, 0) is 24.4 Å². The molecule has 0 spiro atoms. The highest BCUT2D eigenvalue weighted by molar-refractivity contribution is 7.80. The maximum absolute atomic E-state index is 9.69. The Morgan fingerprint density at radius 2 is 1.93 bits per heavy atom. The highest BCUT2D eigenvalue weighted by Gasteiger charge is 2.11. The Balaban J connectivity index is 2.91. The van der Waals surface area contributed by atoms with E-state index in [1.807, 2.05) is 0 Å². The van der Waals surface area contributed by atoms with Crippen LogP contribution in [0.5, 0.6) is 17.2 Å². The Bertz CT molecular complexity index is 366. The van der Waals surface area contributed by atoms with E-state index in [9.17, 15) is 5.11 Å². The van der Waals surface area contributed by atoms with Crippen LogP contribution in [0.1, 0.15) is 0 Å². The number of methoxy groups -OCH3 is 1. The van der Waals surface area contributed by atoms with Crippen LogP contribution < -0.4 is 9.47 Å². The third-order valence-electron chi connectivity index (χ3n) is 1.74. The van der Waals surface area contributed by atoms with Gasteiger partial charge < -0.3 is 19.5 Å². The number of ether oxygens (including phenoxy) is 2. The van der Waals surface area contributed by atoms with Crippen molar-refractivity contribution in [2.24, 2.45) is 0 Å². The van der Waals surface area contributed by atoms with Crippen LogP contribution in [0.15, 0.2) is 18.2 Å². The zero-order chi connectivity index (χ0) is 11.4. The molecule has 0 aromatic heterocycles.